The summed E-state index contributed by atoms with van der Waals surface area (Å²) in [6.45, 7) is 5.26. The van der Waals surface area contributed by atoms with Crippen LogP contribution in [-0.4, -0.2) is 35.7 Å². The Labute approximate surface area is 202 Å². The fourth-order valence-corrected chi connectivity index (χ4v) is 5.24. The molecule has 1 rings (SSSR count). The van der Waals surface area contributed by atoms with Crippen LogP contribution >= 0.6 is 20.0 Å². The quantitative estimate of drug-likeness (QED) is 0.132. The van der Waals surface area contributed by atoms with Crippen LogP contribution in [0.15, 0.2) is 30.3 Å². The maximum atomic E-state index is 10.4. The van der Waals surface area contributed by atoms with Crippen molar-refractivity contribution in [1.82, 2.24) is 0 Å². The normalized spacial score (nSPS) is 13.8. The minimum Gasteiger partial charge on any atom is -0.378 e. The van der Waals surface area contributed by atoms with Crippen molar-refractivity contribution in [1.29, 1.82) is 0 Å². The van der Waals surface area contributed by atoms with Crippen LogP contribution in [0.1, 0.15) is 102 Å². The van der Waals surface area contributed by atoms with Crippen molar-refractivity contribution in [3.8, 4) is 0 Å². The van der Waals surface area contributed by atoms with Gasteiger partial charge in [0.05, 0.1) is 12.7 Å². The van der Waals surface area contributed by atoms with Gasteiger partial charge in [0.15, 0.2) is 0 Å². The van der Waals surface area contributed by atoms with E-state index in [0.29, 0.717) is 13.0 Å². The third kappa shape index (κ3) is 17.1. The van der Waals surface area contributed by atoms with E-state index in [1.54, 1.807) is 0 Å². The molecule has 0 aromatic heterocycles. The minimum absolute atomic E-state index is 0.256. The summed E-state index contributed by atoms with van der Waals surface area (Å²) < 4.78 is 20.7. The molecule has 0 fully saturated rings. The van der Waals surface area contributed by atoms with Crippen LogP contribution in [-0.2, 0) is 13.8 Å². The number of hydrogen-bond acceptors (Lipinski definition) is 4. The first-order valence-electron chi connectivity index (χ1n) is 12.7. The molecule has 0 bridgehead atoms. The fraction of sp³-hybridized carbons (Fsp3) is 0.769. The number of rotatable bonds is 22. The molecule has 6 heteroatoms. The number of unbranched alkanes of at least 4 members (excludes halogenated alkanes) is 6. The van der Waals surface area contributed by atoms with E-state index in [1.807, 2.05) is 0 Å². The summed E-state index contributed by atoms with van der Waals surface area (Å²) in [5, 5.41) is 0. The maximum Gasteiger partial charge on any atom is 0.366 e. The van der Waals surface area contributed by atoms with Gasteiger partial charge in [0.2, 0.25) is 0 Å². The summed E-state index contributed by atoms with van der Waals surface area (Å²) in [6.07, 6.45) is 15.1. The van der Waals surface area contributed by atoms with Crippen LogP contribution in [0.25, 0.3) is 0 Å². The fourth-order valence-electron chi connectivity index (χ4n) is 3.89. The maximum absolute atomic E-state index is 10.4. The van der Waals surface area contributed by atoms with Gasteiger partial charge in [-0.1, -0.05) is 82.2 Å². The van der Waals surface area contributed by atoms with Crippen molar-refractivity contribution in [2.75, 3.05) is 24.7 Å². The number of benzene rings is 1. The highest BCUT2D eigenvalue weighted by Gasteiger charge is 2.10. The van der Waals surface area contributed by atoms with E-state index in [4.69, 9.17) is 9.63 Å². The Balaban J connectivity index is 1.92. The summed E-state index contributed by atoms with van der Waals surface area (Å²) in [7, 11) is -2.48. The second-order valence-corrected chi connectivity index (χ2v) is 10.6. The van der Waals surface area contributed by atoms with E-state index >= 15 is 0 Å². The van der Waals surface area contributed by atoms with E-state index in [2.05, 4.69) is 60.5 Å². The third-order valence-electron chi connectivity index (χ3n) is 5.83. The molecule has 0 heterocycles. The second kappa shape index (κ2) is 21.1. The molecule has 0 saturated carbocycles. The highest BCUT2D eigenvalue weighted by molar-refractivity contribution is 7.99. The second-order valence-electron chi connectivity index (χ2n) is 8.67. The van der Waals surface area contributed by atoms with E-state index in [-0.39, 0.29) is 12.7 Å². The first-order chi connectivity index (χ1) is 15.6. The Morgan fingerprint density at radius 2 is 1.59 bits per heavy atom. The van der Waals surface area contributed by atoms with Gasteiger partial charge in [0.1, 0.15) is 0 Å². The molecule has 32 heavy (non-hydrogen) atoms. The highest BCUT2D eigenvalue weighted by Crippen LogP contribution is 2.27. The van der Waals surface area contributed by atoms with Crippen molar-refractivity contribution in [3.05, 3.63) is 35.9 Å². The largest absolute Gasteiger partial charge is 0.378 e. The summed E-state index contributed by atoms with van der Waals surface area (Å²) in [4.78, 5) is 8.55. The third-order valence-corrected chi connectivity index (χ3v) is 7.34. The standard InChI is InChI=1S/C26H46O4PS/c1-3-4-16-26(25-17-11-9-12-18-25)19-23-32-22-13-8-6-5-7-10-15-24(2)29-20-14-21-30-31(27)28/h9,11-12,17-18,24,26H,3-8,10,13-16,19-23H2,1-2H3,(H,27,28). The van der Waals surface area contributed by atoms with Crippen LogP contribution < -0.4 is 0 Å². The lowest BCUT2D eigenvalue weighted by atomic mass is 9.91. The first-order valence-corrected chi connectivity index (χ1v) is 14.9. The van der Waals surface area contributed by atoms with Gasteiger partial charge < -0.3 is 4.74 Å². The predicted octanol–water partition coefficient (Wildman–Crippen LogP) is 8.28. The first kappa shape index (κ1) is 29.6. The molecule has 0 spiro atoms. The Kier molecular flexibility index (Phi) is 19.5. The molecule has 3 atom stereocenters. The zero-order valence-electron chi connectivity index (χ0n) is 20.4. The molecule has 0 saturated heterocycles. The zero-order chi connectivity index (χ0) is 23.3. The van der Waals surface area contributed by atoms with Gasteiger partial charge in [-0.2, -0.15) is 11.8 Å². The molecule has 185 valence electrons. The van der Waals surface area contributed by atoms with Crippen LogP contribution in [0, 0.1) is 0 Å². The molecule has 1 radical (unpaired) electrons. The molecule has 1 aromatic carbocycles. The molecule has 4 nitrogen and oxygen atoms in total. The van der Waals surface area contributed by atoms with Gasteiger partial charge in [-0.25, -0.2) is 4.57 Å². The van der Waals surface area contributed by atoms with E-state index in [0.717, 1.165) is 12.3 Å². The Bertz CT molecular complexity index is 558. The van der Waals surface area contributed by atoms with Crippen LogP contribution in [0.2, 0.25) is 0 Å². The monoisotopic (exact) mass is 485 g/mol. The molecular weight excluding hydrogens is 439 g/mol. The van der Waals surface area contributed by atoms with Crippen molar-refractivity contribution < 1.29 is 18.7 Å². The van der Waals surface area contributed by atoms with E-state index < -0.39 is 8.25 Å². The molecule has 1 N–H and O–H groups in total. The Hall–Kier alpha value is -0.450. The lowest BCUT2D eigenvalue weighted by Gasteiger charge is -2.17. The number of ether oxygens (including phenoxy) is 1. The molecule has 0 aliphatic rings. The van der Waals surface area contributed by atoms with E-state index in [1.165, 1.54) is 81.3 Å². The molecular formula is C26H46O4PS. The predicted molar refractivity (Wildman–Crippen MR) is 139 cm³/mol. The van der Waals surface area contributed by atoms with Crippen LogP contribution in [0.3, 0.4) is 0 Å². The minimum atomic E-state index is -2.48. The summed E-state index contributed by atoms with van der Waals surface area (Å²) in [6, 6.07) is 11.1. The SMILES string of the molecule is CCCCC(CCSCCCCCCCCC(C)OCCCO[P](=O)O)c1ccccc1. The van der Waals surface area contributed by atoms with Crippen molar-refractivity contribution in [2.45, 2.75) is 103 Å². The lowest BCUT2D eigenvalue weighted by molar-refractivity contribution is 0.0505. The van der Waals surface area contributed by atoms with Crippen LogP contribution in [0.4, 0.5) is 0 Å². The summed E-state index contributed by atoms with van der Waals surface area (Å²) >= 11 is 2.14. The van der Waals surface area contributed by atoms with Crippen molar-refractivity contribution in [2.24, 2.45) is 0 Å². The average Bonchev–Trinajstić information content (AvgIpc) is 2.79. The summed E-state index contributed by atoms with van der Waals surface area (Å²) in [5.74, 6) is 3.31. The lowest BCUT2D eigenvalue weighted by Crippen LogP contribution is -2.10. The van der Waals surface area contributed by atoms with Crippen molar-refractivity contribution in [3.63, 3.8) is 0 Å². The van der Waals surface area contributed by atoms with Gasteiger partial charge in [0, 0.05) is 6.61 Å². The molecule has 0 aliphatic heterocycles. The Morgan fingerprint density at radius 1 is 0.875 bits per heavy atom. The van der Waals surface area contributed by atoms with Crippen LogP contribution in [0.5, 0.6) is 0 Å². The topological polar surface area (TPSA) is 55.8 Å². The molecule has 1 aromatic rings. The van der Waals surface area contributed by atoms with Gasteiger partial charge in [-0.3, -0.25) is 9.42 Å². The summed E-state index contributed by atoms with van der Waals surface area (Å²) in [5.41, 5.74) is 1.52. The molecule has 3 unspecified atom stereocenters. The number of hydrogen-bond donors (Lipinski definition) is 1. The molecule has 0 aliphatic carbocycles. The van der Waals surface area contributed by atoms with Gasteiger partial charge in [-0.05, 0) is 62.0 Å². The van der Waals surface area contributed by atoms with Crippen molar-refractivity contribution >= 4 is 20.0 Å². The van der Waals surface area contributed by atoms with Gasteiger partial charge in [-0.15, -0.1) is 0 Å². The molecule has 0 amide bonds. The van der Waals surface area contributed by atoms with E-state index in [9.17, 15) is 4.57 Å². The smallest absolute Gasteiger partial charge is 0.366 e. The highest BCUT2D eigenvalue weighted by atomic mass is 32.2. The zero-order valence-corrected chi connectivity index (χ0v) is 22.1. The Morgan fingerprint density at radius 3 is 2.31 bits per heavy atom. The van der Waals surface area contributed by atoms with Gasteiger partial charge >= 0.3 is 8.25 Å². The average molecular weight is 486 g/mol. The number of thioether (sulfide) groups is 1. The van der Waals surface area contributed by atoms with Gasteiger partial charge in [0.25, 0.3) is 0 Å².